The van der Waals surface area contributed by atoms with Crippen LogP contribution in [0.5, 0.6) is 0 Å². The summed E-state index contributed by atoms with van der Waals surface area (Å²) in [4.78, 5) is 0. The highest BCUT2D eigenvalue weighted by Crippen LogP contribution is 2.15. The average molecular weight is 237 g/mol. The highest BCUT2D eigenvalue weighted by Gasteiger charge is 2.04. The molecular weight excluding hydrogens is 214 g/mol. The minimum Gasteiger partial charge on any atom is -0.309 e. The third-order valence-electron chi connectivity index (χ3n) is 3.01. The maximum absolute atomic E-state index is 3.57. The Morgan fingerprint density at radius 3 is 2.38 bits per heavy atom. The predicted molar refractivity (Wildman–Crippen MR) is 75.3 cm³/mol. The molecule has 0 saturated heterocycles. The van der Waals surface area contributed by atoms with E-state index in [9.17, 15) is 0 Å². The van der Waals surface area contributed by atoms with E-state index in [1.165, 1.54) is 28.0 Å². The van der Waals surface area contributed by atoms with Crippen molar-refractivity contribution in [2.24, 2.45) is 0 Å². The van der Waals surface area contributed by atoms with Crippen LogP contribution in [-0.2, 0) is 6.54 Å². The third-order valence-corrected chi connectivity index (χ3v) is 3.84. The van der Waals surface area contributed by atoms with Gasteiger partial charge in [-0.05, 0) is 56.2 Å². The summed E-state index contributed by atoms with van der Waals surface area (Å²) in [5, 5.41) is 3.57. The molecule has 16 heavy (non-hydrogen) atoms. The number of benzene rings is 1. The van der Waals surface area contributed by atoms with Gasteiger partial charge in [-0.3, -0.25) is 0 Å². The summed E-state index contributed by atoms with van der Waals surface area (Å²) < 4.78 is 0. The molecule has 0 aliphatic rings. The number of hydrogen-bond acceptors (Lipinski definition) is 2. The summed E-state index contributed by atoms with van der Waals surface area (Å²) in [7, 11) is 0. The summed E-state index contributed by atoms with van der Waals surface area (Å²) in [5.74, 6) is 1.17. The van der Waals surface area contributed by atoms with Gasteiger partial charge in [0.25, 0.3) is 0 Å². The van der Waals surface area contributed by atoms with E-state index in [2.05, 4.69) is 51.4 Å². The fourth-order valence-corrected chi connectivity index (χ4v) is 2.42. The molecule has 1 rings (SSSR count). The highest BCUT2D eigenvalue weighted by atomic mass is 32.2. The smallest absolute Gasteiger partial charge is 0.0211 e. The normalized spacial score (nSPS) is 12.8. The largest absolute Gasteiger partial charge is 0.309 e. The molecule has 0 bridgehead atoms. The number of aryl methyl sites for hydroxylation is 3. The third kappa shape index (κ3) is 3.84. The summed E-state index contributed by atoms with van der Waals surface area (Å²) in [6, 6.07) is 5.17. The van der Waals surface area contributed by atoms with Crippen LogP contribution in [0, 0.1) is 20.8 Å². The molecule has 1 nitrogen and oxygen atoms in total. The van der Waals surface area contributed by atoms with Crippen LogP contribution < -0.4 is 5.32 Å². The Balaban J connectivity index is 2.63. The quantitative estimate of drug-likeness (QED) is 0.842. The van der Waals surface area contributed by atoms with Gasteiger partial charge in [0.05, 0.1) is 0 Å². The molecular formula is C14H23NS. The summed E-state index contributed by atoms with van der Waals surface area (Å²) in [5.41, 5.74) is 5.60. The van der Waals surface area contributed by atoms with Gasteiger partial charge in [-0.2, -0.15) is 11.8 Å². The molecule has 0 heterocycles. The van der Waals surface area contributed by atoms with E-state index in [1.54, 1.807) is 0 Å². The van der Waals surface area contributed by atoms with Crippen molar-refractivity contribution in [1.82, 2.24) is 5.32 Å². The van der Waals surface area contributed by atoms with Crippen LogP contribution in [0.4, 0.5) is 0 Å². The first-order valence-corrected chi connectivity index (χ1v) is 7.23. The first-order valence-electron chi connectivity index (χ1n) is 5.83. The lowest BCUT2D eigenvalue weighted by atomic mass is 10.0. The molecule has 0 radical (unpaired) electrons. The second kappa shape index (κ2) is 6.31. The SMILES string of the molecule is CSCC(C)NCc1cc(C)c(C)cc1C. The van der Waals surface area contributed by atoms with Crippen molar-refractivity contribution in [1.29, 1.82) is 0 Å². The molecule has 2 heteroatoms. The van der Waals surface area contributed by atoms with Crippen molar-refractivity contribution in [2.45, 2.75) is 40.3 Å². The first kappa shape index (κ1) is 13.6. The summed E-state index contributed by atoms with van der Waals surface area (Å²) in [6.07, 6.45) is 2.15. The van der Waals surface area contributed by atoms with Crippen LogP contribution >= 0.6 is 11.8 Å². The lowest BCUT2D eigenvalue weighted by Gasteiger charge is -2.15. The predicted octanol–water partition coefficient (Wildman–Crippen LogP) is 3.45. The zero-order valence-electron chi connectivity index (χ0n) is 11.1. The number of nitrogens with one attached hydrogen (secondary N) is 1. The second-order valence-electron chi connectivity index (χ2n) is 4.60. The molecule has 90 valence electrons. The van der Waals surface area contributed by atoms with Crippen molar-refractivity contribution in [3.05, 3.63) is 34.4 Å². The number of thioether (sulfide) groups is 1. The van der Waals surface area contributed by atoms with Crippen molar-refractivity contribution >= 4 is 11.8 Å². The monoisotopic (exact) mass is 237 g/mol. The van der Waals surface area contributed by atoms with Gasteiger partial charge in [0.15, 0.2) is 0 Å². The maximum Gasteiger partial charge on any atom is 0.0211 e. The summed E-state index contributed by atoms with van der Waals surface area (Å²) >= 11 is 1.89. The second-order valence-corrected chi connectivity index (χ2v) is 5.51. The van der Waals surface area contributed by atoms with Gasteiger partial charge in [0.2, 0.25) is 0 Å². The van der Waals surface area contributed by atoms with Crippen molar-refractivity contribution in [3.63, 3.8) is 0 Å². The van der Waals surface area contributed by atoms with Crippen LogP contribution in [0.2, 0.25) is 0 Å². The van der Waals surface area contributed by atoms with Crippen LogP contribution in [-0.4, -0.2) is 18.1 Å². The van der Waals surface area contributed by atoms with E-state index in [-0.39, 0.29) is 0 Å². The molecule has 0 saturated carbocycles. The van der Waals surface area contributed by atoms with Gasteiger partial charge in [0.1, 0.15) is 0 Å². The summed E-state index contributed by atoms with van der Waals surface area (Å²) in [6.45, 7) is 9.78. The lowest BCUT2D eigenvalue weighted by Crippen LogP contribution is -2.27. The van der Waals surface area contributed by atoms with Gasteiger partial charge in [0, 0.05) is 18.3 Å². The fraction of sp³-hybridized carbons (Fsp3) is 0.571. The van der Waals surface area contributed by atoms with Gasteiger partial charge in [-0.1, -0.05) is 12.1 Å². The van der Waals surface area contributed by atoms with Crippen molar-refractivity contribution in [3.8, 4) is 0 Å². The molecule has 0 aliphatic heterocycles. The highest BCUT2D eigenvalue weighted by molar-refractivity contribution is 7.98. The molecule has 0 aromatic heterocycles. The van der Waals surface area contributed by atoms with Gasteiger partial charge in [-0.25, -0.2) is 0 Å². The topological polar surface area (TPSA) is 12.0 Å². The molecule has 0 aliphatic carbocycles. The van der Waals surface area contributed by atoms with E-state index in [4.69, 9.17) is 0 Å². The number of rotatable bonds is 5. The Morgan fingerprint density at radius 1 is 1.12 bits per heavy atom. The molecule has 1 aromatic carbocycles. The van der Waals surface area contributed by atoms with E-state index >= 15 is 0 Å². The molecule has 0 amide bonds. The molecule has 1 unspecified atom stereocenters. The Morgan fingerprint density at radius 2 is 1.75 bits per heavy atom. The molecule has 0 fully saturated rings. The van der Waals surface area contributed by atoms with Crippen molar-refractivity contribution in [2.75, 3.05) is 12.0 Å². The Bertz CT molecular complexity index is 347. The molecule has 0 spiro atoms. The molecule has 1 aromatic rings. The van der Waals surface area contributed by atoms with Gasteiger partial charge < -0.3 is 5.32 Å². The Kier molecular flexibility index (Phi) is 5.36. The van der Waals surface area contributed by atoms with E-state index < -0.39 is 0 Å². The van der Waals surface area contributed by atoms with Crippen LogP contribution in [0.25, 0.3) is 0 Å². The standard InChI is InChI=1S/C14H23NS/c1-10-6-12(3)14(7-11(10)2)8-15-13(4)9-16-5/h6-7,13,15H,8-9H2,1-5H3. The van der Waals surface area contributed by atoms with E-state index in [0.717, 1.165) is 6.54 Å². The van der Waals surface area contributed by atoms with E-state index in [0.29, 0.717) is 6.04 Å². The molecule has 1 N–H and O–H groups in total. The van der Waals surface area contributed by atoms with Crippen LogP contribution in [0.3, 0.4) is 0 Å². The molecule has 1 atom stereocenters. The zero-order valence-corrected chi connectivity index (χ0v) is 11.9. The van der Waals surface area contributed by atoms with Crippen LogP contribution in [0.15, 0.2) is 12.1 Å². The zero-order chi connectivity index (χ0) is 12.1. The van der Waals surface area contributed by atoms with Gasteiger partial charge in [-0.15, -0.1) is 0 Å². The Labute approximate surface area is 104 Å². The minimum atomic E-state index is 0.580. The minimum absolute atomic E-state index is 0.580. The fourth-order valence-electron chi connectivity index (χ4n) is 1.80. The average Bonchev–Trinajstić information content (AvgIpc) is 2.22. The van der Waals surface area contributed by atoms with E-state index in [1.807, 2.05) is 11.8 Å². The van der Waals surface area contributed by atoms with Crippen molar-refractivity contribution < 1.29 is 0 Å². The van der Waals surface area contributed by atoms with Crippen LogP contribution in [0.1, 0.15) is 29.2 Å². The number of hydrogen-bond donors (Lipinski definition) is 1. The first-order chi connectivity index (χ1) is 7.54. The van der Waals surface area contributed by atoms with Gasteiger partial charge >= 0.3 is 0 Å². The maximum atomic E-state index is 3.57. The Hall–Kier alpha value is -0.470. The lowest BCUT2D eigenvalue weighted by molar-refractivity contribution is 0.594.